The lowest BCUT2D eigenvalue weighted by molar-refractivity contribution is -0.302. The van der Waals surface area contributed by atoms with Crippen molar-refractivity contribution in [3.8, 4) is 0 Å². The van der Waals surface area contributed by atoms with Crippen LogP contribution in [0.25, 0.3) is 0 Å². The molecule has 3 unspecified atom stereocenters. The maximum absolute atomic E-state index is 12.3. The number of aliphatic hydroxyl groups is 6. The Bertz CT molecular complexity index is 853. The van der Waals surface area contributed by atoms with Crippen LogP contribution in [0.5, 0.6) is 0 Å². The Morgan fingerprint density at radius 2 is 1.76 bits per heavy atom. The summed E-state index contributed by atoms with van der Waals surface area (Å²) in [5.74, 6) is -2.86. The fourth-order valence-electron chi connectivity index (χ4n) is 3.41. The van der Waals surface area contributed by atoms with Gasteiger partial charge in [0, 0.05) is 0 Å². The molecular formula is C18H28N4O12. The lowest BCUT2D eigenvalue weighted by atomic mass is 9.99. The maximum atomic E-state index is 12.3. The summed E-state index contributed by atoms with van der Waals surface area (Å²) in [5.41, 5.74) is 5.08. The highest BCUT2D eigenvalue weighted by atomic mass is 16.7. The molecule has 0 spiro atoms. The van der Waals surface area contributed by atoms with Gasteiger partial charge in [0.2, 0.25) is 5.82 Å². The van der Waals surface area contributed by atoms with E-state index in [-0.39, 0.29) is 12.4 Å². The van der Waals surface area contributed by atoms with E-state index in [4.69, 9.17) is 24.7 Å². The fraction of sp³-hybridized carbons (Fsp3) is 0.778. The minimum Gasteiger partial charge on any atom is -0.463 e. The molecule has 192 valence electrons. The zero-order valence-electron chi connectivity index (χ0n) is 18.0. The van der Waals surface area contributed by atoms with Crippen molar-refractivity contribution in [3.63, 3.8) is 0 Å². The van der Waals surface area contributed by atoms with Crippen LogP contribution in [-0.4, -0.2) is 126 Å². The average molecular weight is 492 g/mol. The molecule has 2 saturated heterocycles. The van der Waals surface area contributed by atoms with E-state index in [2.05, 4.69) is 10.1 Å². The van der Waals surface area contributed by atoms with Crippen LogP contribution < -0.4 is 5.73 Å². The van der Waals surface area contributed by atoms with Crippen LogP contribution in [0.1, 0.15) is 23.8 Å². The molecule has 0 radical (unpaired) electrons. The summed E-state index contributed by atoms with van der Waals surface area (Å²) in [6.45, 7) is 0.0686. The summed E-state index contributed by atoms with van der Waals surface area (Å²) in [5, 5.41) is 62.9. The largest absolute Gasteiger partial charge is 0.463 e. The predicted octanol–water partition coefficient (Wildman–Crippen LogP) is -5.01. The Kier molecular flexibility index (Phi) is 8.50. The number of primary amides is 1. The van der Waals surface area contributed by atoms with Gasteiger partial charge in [0.05, 0.1) is 19.1 Å². The number of amides is 1. The number of rotatable bonds is 9. The topological polar surface area (TPSA) is 249 Å². The third-order valence-corrected chi connectivity index (χ3v) is 5.48. The molecule has 1 aromatic heterocycles. The number of nitrogens with two attached hydrogens (primary N) is 1. The number of hydrogen-bond acceptors (Lipinski definition) is 14. The highest BCUT2D eigenvalue weighted by Gasteiger charge is 2.46. The Morgan fingerprint density at radius 3 is 2.38 bits per heavy atom. The van der Waals surface area contributed by atoms with Gasteiger partial charge in [-0.05, 0) is 6.92 Å². The number of aromatic nitrogens is 3. The van der Waals surface area contributed by atoms with Gasteiger partial charge in [0.15, 0.2) is 12.5 Å². The van der Waals surface area contributed by atoms with Gasteiger partial charge in [-0.3, -0.25) is 9.59 Å². The van der Waals surface area contributed by atoms with Gasteiger partial charge in [-0.15, -0.1) is 5.10 Å². The van der Waals surface area contributed by atoms with E-state index in [1.54, 1.807) is 0 Å². The molecule has 3 rings (SSSR count). The van der Waals surface area contributed by atoms with Crippen LogP contribution >= 0.6 is 0 Å². The van der Waals surface area contributed by atoms with E-state index >= 15 is 0 Å². The SMILES string of the molecule is C[C@@H](CO[C@@H]1OC(CO)[C@H](O)C(O)C1O)C(=O)OC[C@H]1O[C@@H](n2cnc(C(N)=O)n2)[C@H](O)[C@@H]1O. The van der Waals surface area contributed by atoms with E-state index in [1.165, 1.54) is 6.92 Å². The normalized spacial score (nSPS) is 36.9. The van der Waals surface area contributed by atoms with Gasteiger partial charge >= 0.3 is 5.97 Å². The summed E-state index contributed by atoms with van der Waals surface area (Å²) in [7, 11) is 0. The van der Waals surface area contributed by atoms with Crippen molar-refractivity contribution in [3.05, 3.63) is 12.2 Å². The first-order valence-electron chi connectivity index (χ1n) is 10.4. The van der Waals surface area contributed by atoms with Crippen LogP contribution in [-0.2, 0) is 23.7 Å². The second-order valence-corrected chi connectivity index (χ2v) is 8.02. The van der Waals surface area contributed by atoms with Crippen LogP contribution in [0.2, 0.25) is 0 Å². The van der Waals surface area contributed by atoms with Crippen molar-refractivity contribution in [2.75, 3.05) is 19.8 Å². The Balaban J connectivity index is 1.48. The number of carbonyl (C=O) groups is 2. The Labute approximate surface area is 192 Å². The highest BCUT2D eigenvalue weighted by Crippen LogP contribution is 2.29. The smallest absolute Gasteiger partial charge is 0.311 e. The molecule has 0 aromatic carbocycles. The first-order valence-corrected chi connectivity index (χ1v) is 10.4. The molecule has 2 aliphatic heterocycles. The van der Waals surface area contributed by atoms with Gasteiger partial charge in [0.1, 0.15) is 55.7 Å². The van der Waals surface area contributed by atoms with Crippen molar-refractivity contribution in [2.24, 2.45) is 11.7 Å². The van der Waals surface area contributed by atoms with Gasteiger partial charge in [-0.1, -0.05) is 0 Å². The molecule has 0 bridgehead atoms. The van der Waals surface area contributed by atoms with Crippen LogP contribution in [0.15, 0.2) is 6.33 Å². The molecule has 16 heteroatoms. The van der Waals surface area contributed by atoms with Crippen LogP contribution in [0.4, 0.5) is 0 Å². The van der Waals surface area contributed by atoms with E-state index < -0.39 is 86.3 Å². The fourth-order valence-corrected chi connectivity index (χ4v) is 3.41. The molecule has 34 heavy (non-hydrogen) atoms. The van der Waals surface area contributed by atoms with Gasteiger partial charge in [0.25, 0.3) is 5.91 Å². The first kappa shape index (κ1) is 26.3. The summed E-state index contributed by atoms with van der Waals surface area (Å²) in [6, 6.07) is 0. The molecule has 10 atom stereocenters. The van der Waals surface area contributed by atoms with Gasteiger partial charge in [-0.2, -0.15) is 0 Å². The summed E-state index contributed by atoms with van der Waals surface area (Å²) >= 11 is 0. The van der Waals surface area contributed by atoms with Crippen LogP contribution in [0.3, 0.4) is 0 Å². The van der Waals surface area contributed by atoms with Crippen molar-refractivity contribution in [2.45, 2.75) is 62.2 Å². The molecule has 2 aliphatic rings. The molecule has 0 aliphatic carbocycles. The Morgan fingerprint density at radius 1 is 1.09 bits per heavy atom. The molecule has 3 heterocycles. The average Bonchev–Trinajstić information content (AvgIpc) is 3.41. The first-order chi connectivity index (χ1) is 16.0. The minimum atomic E-state index is -1.62. The summed E-state index contributed by atoms with van der Waals surface area (Å²) in [4.78, 5) is 27.1. The quantitative estimate of drug-likeness (QED) is 0.159. The van der Waals surface area contributed by atoms with Crippen molar-refractivity contribution in [1.82, 2.24) is 14.8 Å². The Hall–Kier alpha value is -2.28. The second kappa shape index (κ2) is 11.0. The maximum Gasteiger partial charge on any atom is 0.311 e. The monoisotopic (exact) mass is 492 g/mol. The van der Waals surface area contributed by atoms with Crippen LogP contribution in [0, 0.1) is 5.92 Å². The number of nitrogens with zero attached hydrogens (tertiary/aromatic N) is 3. The number of aliphatic hydroxyl groups excluding tert-OH is 6. The minimum absolute atomic E-state index is 0.310. The van der Waals surface area contributed by atoms with E-state index in [9.17, 15) is 40.2 Å². The van der Waals surface area contributed by atoms with Crippen molar-refractivity contribution in [1.29, 1.82) is 0 Å². The third kappa shape index (κ3) is 5.51. The molecule has 1 amide bonds. The van der Waals surface area contributed by atoms with Gasteiger partial charge < -0.3 is 55.3 Å². The molecule has 1 aromatic rings. The number of carbonyl (C=O) groups excluding carboxylic acids is 2. The predicted molar refractivity (Wildman–Crippen MR) is 104 cm³/mol. The standard InChI is InChI=1S/C18H28N4O12/c1-6(3-32-18-13(28)11(26)9(24)7(2-23)34-18)17(30)31-4-8-10(25)12(27)16(33-8)22-5-20-15(21-22)14(19)29/h5-13,16,18,23-28H,2-4H2,1H3,(H2,19,29)/t6-,7?,8+,9-,10+,11?,12+,13?,16+,18+/m0/s1. The molecule has 2 fully saturated rings. The zero-order valence-corrected chi connectivity index (χ0v) is 18.0. The number of ether oxygens (including phenoxy) is 4. The molecule has 8 N–H and O–H groups in total. The number of hydrogen-bond donors (Lipinski definition) is 7. The summed E-state index contributed by atoms with van der Waals surface area (Å²) in [6.07, 6.45) is -11.5. The zero-order chi connectivity index (χ0) is 25.2. The third-order valence-electron chi connectivity index (χ3n) is 5.48. The van der Waals surface area contributed by atoms with Crippen molar-refractivity contribution < 1.29 is 59.2 Å². The lowest BCUT2D eigenvalue weighted by Crippen LogP contribution is -2.59. The van der Waals surface area contributed by atoms with Gasteiger partial charge in [-0.25, -0.2) is 9.67 Å². The molecule has 0 saturated carbocycles. The highest BCUT2D eigenvalue weighted by molar-refractivity contribution is 5.88. The lowest BCUT2D eigenvalue weighted by Gasteiger charge is -2.39. The summed E-state index contributed by atoms with van der Waals surface area (Å²) < 4.78 is 22.1. The van der Waals surface area contributed by atoms with E-state index in [0.29, 0.717) is 0 Å². The molecular weight excluding hydrogens is 464 g/mol. The number of esters is 1. The van der Waals surface area contributed by atoms with E-state index in [0.717, 1.165) is 11.0 Å². The van der Waals surface area contributed by atoms with E-state index in [1.807, 2.05) is 0 Å². The molecule has 16 nitrogen and oxygen atoms in total. The van der Waals surface area contributed by atoms with Crippen molar-refractivity contribution >= 4 is 11.9 Å². The second-order valence-electron chi connectivity index (χ2n) is 8.02.